The lowest BCUT2D eigenvalue weighted by Crippen LogP contribution is -2.52. The number of hydrogen-bond donors (Lipinski definition) is 2. The number of amides is 1. The zero-order chi connectivity index (χ0) is 18.0. The summed E-state index contributed by atoms with van der Waals surface area (Å²) in [7, 11) is -4.01. The first-order valence-electron chi connectivity index (χ1n) is 7.28. The molecule has 128 valence electrons. The molecule has 0 aliphatic carbocycles. The van der Waals surface area contributed by atoms with Gasteiger partial charge in [-0.15, -0.1) is 6.42 Å². The summed E-state index contributed by atoms with van der Waals surface area (Å²) in [5.74, 6) is 1.58. The third-order valence-electron chi connectivity index (χ3n) is 3.94. The first-order valence-corrected chi connectivity index (χ1v) is 8.72. The van der Waals surface area contributed by atoms with Crippen LogP contribution in [0.1, 0.15) is 17.0 Å². The smallest absolute Gasteiger partial charge is 0.262 e. The molecule has 1 aromatic heterocycles. The molecule has 1 aliphatic rings. The van der Waals surface area contributed by atoms with E-state index in [0.29, 0.717) is 17.0 Å². The molecule has 25 heavy (non-hydrogen) atoms. The van der Waals surface area contributed by atoms with Crippen molar-refractivity contribution in [2.75, 3.05) is 0 Å². The predicted octanol–water partition coefficient (Wildman–Crippen LogP) is 0.0789. The number of sulfonamides is 1. The van der Waals surface area contributed by atoms with Gasteiger partial charge in [-0.2, -0.15) is 4.31 Å². The van der Waals surface area contributed by atoms with E-state index < -0.39 is 22.0 Å². The van der Waals surface area contributed by atoms with E-state index in [2.05, 4.69) is 15.9 Å². The third kappa shape index (κ3) is 3.10. The Bertz CT molecular complexity index is 951. The normalized spacial score (nSPS) is 17.4. The lowest BCUT2D eigenvalue weighted by molar-refractivity contribution is -0.133. The number of carbonyl (C=O) groups excluding carboxylic acids is 1. The highest BCUT2D eigenvalue weighted by atomic mass is 32.2. The lowest BCUT2D eigenvalue weighted by atomic mass is 10.0. The van der Waals surface area contributed by atoms with Gasteiger partial charge in [-0.05, 0) is 24.3 Å². The maximum absolute atomic E-state index is 13.0. The molecule has 2 heterocycles. The highest BCUT2D eigenvalue weighted by Crippen LogP contribution is 2.27. The third-order valence-corrected chi connectivity index (χ3v) is 5.81. The van der Waals surface area contributed by atoms with Gasteiger partial charge in [0.1, 0.15) is 6.04 Å². The van der Waals surface area contributed by atoms with Crippen LogP contribution in [0.5, 0.6) is 0 Å². The van der Waals surface area contributed by atoms with E-state index in [1.807, 2.05) is 0 Å². The molecule has 1 aromatic carbocycles. The van der Waals surface area contributed by atoms with Crippen LogP contribution in [0.15, 0.2) is 41.6 Å². The number of benzene rings is 1. The molecule has 2 aromatic rings. The SMILES string of the molecule is C#Cc1ccc(S(=O)(=O)N2Cc3nccnc3C[C@@H]2C(=O)NO)cc1. The maximum atomic E-state index is 13.0. The number of nitrogens with zero attached hydrogens (tertiary/aromatic N) is 3. The molecule has 8 nitrogen and oxygen atoms in total. The minimum atomic E-state index is -4.01. The lowest BCUT2D eigenvalue weighted by Gasteiger charge is -2.33. The summed E-state index contributed by atoms with van der Waals surface area (Å²) in [6.45, 7) is -0.125. The Morgan fingerprint density at radius 2 is 1.88 bits per heavy atom. The number of fused-ring (bicyclic) bond motifs is 1. The number of rotatable bonds is 3. The Hall–Kier alpha value is -2.80. The summed E-state index contributed by atoms with van der Waals surface area (Å²) in [4.78, 5) is 20.3. The minimum absolute atomic E-state index is 0.00502. The van der Waals surface area contributed by atoms with Crippen LogP contribution in [0.2, 0.25) is 0 Å². The Kier molecular flexibility index (Phi) is 4.50. The molecule has 1 amide bonds. The zero-order valence-electron chi connectivity index (χ0n) is 13.0. The highest BCUT2D eigenvalue weighted by molar-refractivity contribution is 7.89. The largest absolute Gasteiger partial charge is 0.289 e. The standard InChI is InChI=1S/C16H14N4O4S/c1-2-11-3-5-12(6-4-11)25(23,24)20-10-14-13(17-7-8-18-14)9-15(20)16(21)19-22/h1,3-8,15,22H,9-10H2,(H,19,21)/t15-/m1/s1. The van der Waals surface area contributed by atoms with Crippen molar-refractivity contribution in [1.82, 2.24) is 19.8 Å². The molecule has 0 fully saturated rings. The van der Waals surface area contributed by atoms with Gasteiger partial charge in [-0.1, -0.05) is 5.92 Å². The van der Waals surface area contributed by atoms with Crippen molar-refractivity contribution in [3.8, 4) is 12.3 Å². The summed E-state index contributed by atoms with van der Waals surface area (Å²) in [6.07, 6.45) is 8.21. The molecule has 1 aliphatic heterocycles. The number of aromatic nitrogens is 2. The maximum Gasteiger partial charge on any atom is 0.262 e. The van der Waals surface area contributed by atoms with Crippen molar-refractivity contribution in [2.24, 2.45) is 0 Å². The van der Waals surface area contributed by atoms with Gasteiger partial charge in [0.25, 0.3) is 5.91 Å². The van der Waals surface area contributed by atoms with Crippen LogP contribution < -0.4 is 5.48 Å². The fourth-order valence-corrected chi connectivity index (χ4v) is 4.20. The van der Waals surface area contributed by atoms with Crippen molar-refractivity contribution in [3.05, 3.63) is 53.6 Å². The number of terminal acetylenes is 1. The van der Waals surface area contributed by atoms with E-state index >= 15 is 0 Å². The van der Waals surface area contributed by atoms with E-state index in [4.69, 9.17) is 11.6 Å². The minimum Gasteiger partial charge on any atom is -0.289 e. The molecule has 0 bridgehead atoms. The Morgan fingerprint density at radius 1 is 1.24 bits per heavy atom. The molecule has 0 radical (unpaired) electrons. The topological polar surface area (TPSA) is 112 Å². The second-order valence-corrected chi connectivity index (χ2v) is 7.26. The fraction of sp³-hybridized carbons (Fsp3) is 0.188. The van der Waals surface area contributed by atoms with Crippen LogP contribution in [-0.2, 0) is 27.8 Å². The number of hydrogen-bond acceptors (Lipinski definition) is 6. The molecule has 0 saturated heterocycles. The monoisotopic (exact) mass is 358 g/mol. The van der Waals surface area contributed by atoms with Crippen LogP contribution in [-0.4, -0.2) is 39.8 Å². The number of carbonyl (C=O) groups is 1. The molecule has 9 heteroatoms. The van der Waals surface area contributed by atoms with Crippen molar-refractivity contribution in [2.45, 2.75) is 23.9 Å². The van der Waals surface area contributed by atoms with Gasteiger partial charge in [-0.25, -0.2) is 13.9 Å². The molecule has 1 atom stereocenters. The molecule has 0 saturated carbocycles. The zero-order valence-corrected chi connectivity index (χ0v) is 13.8. The van der Waals surface area contributed by atoms with Crippen LogP contribution in [0.3, 0.4) is 0 Å². The molecule has 0 unspecified atom stereocenters. The van der Waals surface area contributed by atoms with Crippen molar-refractivity contribution < 1.29 is 18.4 Å². The number of hydroxylamine groups is 1. The molecular weight excluding hydrogens is 344 g/mol. The number of nitrogens with one attached hydrogen (secondary N) is 1. The van der Waals surface area contributed by atoms with E-state index in [0.717, 1.165) is 4.31 Å². The highest BCUT2D eigenvalue weighted by Gasteiger charge is 2.40. The predicted molar refractivity (Wildman–Crippen MR) is 86.6 cm³/mol. The van der Waals surface area contributed by atoms with Crippen LogP contribution >= 0.6 is 0 Å². The molecule has 0 spiro atoms. The van der Waals surface area contributed by atoms with E-state index in [9.17, 15) is 13.2 Å². The van der Waals surface area contributed by atoms with Crippen LogP contribution in [0, 0.1) is 12.3 Å². The first-order chi connectivity index (χ1) is 12.0. The summed E-state index contributed by atoms with van der Waals surface area (Å²) in [6, 6.07) is 4.64. The van der Waals surface area contributed by atoms with Crippen molar-refractivity contribution >= 4 is 15.9 Å². The van der Waals surface area contributed by atoms with Gasteiger partial charge in [0.15, 0.2) is 0 Å². The van der Waals surface area contributed by atoms with Gasteiger partial charge < -0.3 is 0 Å². The average Bonchev–Trinajstić information content (AvgIpc) is 2.66. The molecular formula is C16H14N4O4S. The second kappa shape index (κ2) is 6.60. The second-order valence-electron chi connectivity index (χ2n) is 5.36. The molecule has 3 rings (SSSR count). The molecule has 2 N–H and O–H groups in total. The van der Waals surface area contributed by atoms with Crippen molar-refractivity contribution in [3.63, 3.8) is 0 Å². The quantitative estimate of drug-likeness (QED) is 0.456. The average molecular weight is 358 g/mol. The van der Waals surface area contributed by atoms with Crippen LogP contribution in [0.4, 0.5) is 0 Å². The summed E-state index contributed by atoms with van der Waals surface area (Å²) >= 11 is 0. The summed E-state index contributed by atoms with van der Waals surface area (Å²) < 4.78 is 27.0. The van der Waals surface area contributed by atoms with E-state index in [1.54, 1.807) is 0 Å². The summed E-state index contributed by atoms with van der Waals surface area (Å²) in [5, 5.41) is 8.98. The summed E-state index contributed by atoms with van der Waals surface area (Å²) in [5.41, 5.74) is 3.04. The van der Waals surface area contributed by atoms with Gasteiger partial charge in [0, 0.05) is 24.4 Å². The Labute approximate surface area is 144 Å². The Morgan fingerprint density at radius 3 is 2.48 bits per heavy atom. The van der Waals surface area contributed by atoms with Gasteiger partial charge in [0.05, 0.1) is 22.8 Å². The van der Waals surface area contributed by atoms with Crippen molar-refractivity contribution in [1.29, 1.82) is 0 Å². The van der Waals surface area contributed by atoms with Crippen LogP contribution in [0.25, 0.3) is 0 Å². The van der Waals surface area contributed by atoms with Gasteiger partial charge in [0.2, 0.25) is 10.0 Å². The first kappa shape index (κ1) is 17.0. The van der Waals surface area contributed by atoms with E-state index in [1.165, 1.54) is 42.1 Å². The van der Waals surface area contributed by atoms with Gasteiger partial charge >= 0.3 is 0 Å². The van der Waals surface area contributed by atoms with E-state index in [-0.39, 0.29) is 17.9 Å². The fourth-order valence-electron chi connectivity index (χ4n) is 2.65. The Balaban J connectivity index is 2.05. The van der Waals surface area contributed by atoms with Gasteiger partial charge in [-0.3, -0.25) is 20.0 Å².